The van der Waals surface area contributed by atoms with Crippen molar-refractivity contribution in [3.05, 3.63) is 0 Å². The van der Waals surface area contributed by atoms with Gasteiger partial charge in [-0.15, -0.1) is 0 Å². The summed E-state index contributed by atoms with van der Waals surface area (Å²) in [5.74, 6) is 0. The molecular formula is C13H23N3O. The van der Waals surface area contributed by atoms with Crippen molar-refractivity contribution < 1.29 is 4.74 Å². The smallest absolute Gasteiger partial charge is 0.0703 e. The molecule has 2 atom stereocenters. The molecule has 2 aliphatic rings. The van der Waals surface area contributed by atoms with E-state index in [1.807, 2.05) is 0 Å². The van der Waals surface area contributed by atoms with Crippen molar-refractivity contribution in [2.24, 2.45) is 0 Å². The molecule has 96 valence electrons. The van der Waals surface area contributed by atoms with E-state index in [4.69, 9.17) is 10.00 Å². The van der Waals surface area contributed by atoms with Crippen LogP contribution in [-0.2, 0) is 4.74 Å². The fourth-order valence-corrected chi connectivity index (χ4v) is 2.69. The topological polar surface area (TPSA) is 48.3 Å². The minimum absolute atomic E-state index is 0.165. The lowest BCUT2D eigenvalue weighted by Gasteiger charge is -2.46. The summed E-state index contributed by atoms with van der Waals surface area (Å²) in [6.45, 7) is 8.36. The Morgan fingerprint density at radius 3 is 3.00 bits per heavy atom. The summed E-state index contributed by atoms with van der Waals surface area (Å²) < 4.78 is 5.72. The number of ether oxygens (including phenoxy) is 1. The van der Waals surface area contributed by atoms with Gasteiger partial charge in [0.2, 0.25) is 0 Å². The predicted octanol–water partition coefficient (Wildman–Crippen LogP) is 1.13. The second-order valence-electron chi connectivity index (χ2n) is 5.79. The predicted molar refractivity (Wildman–Crippen MR) is 66.6 cm³/mol. The highest BCUT2D eigenvalue weighted by Crippen LogP contribution is 2.23. The van der Waals surface area contributed by atoms with Crippen molar-refractivity contribution in [1.29, 1.82) is 5.26 Å². The highest BCUT2D eigenvalue weighted by molar-refractivity contribution is 4.96. The Bertz CT molecular complexity index is 292. The highest BCUT2D eigenvalue weighted by Gasteiger charge is 2.35. The van der Waals surface area contributed by atoms with Gasteiger partial charge in [0.05, 0.1) is 18.6 Å². The molecule has 2 heterocycles. The van der Waals surface area contributed by atoms with Crippen LogP contribution in [0, 0.1) is 11.3 Å². The van der Waals surface area contributed by atoms with Gasteiger partial charge in [0, 0.05) is 37.8 Å². The summed E-state index contributed by atoms with van der Waals surface area (Å²) in [4.78, 5) is 2.49. The maximum Gasteiger partial charge on any atom is 0.0703 e. The quantitative estimate of drug-likeness (QED) is 0.799. The minimum atomic E-state index is 0.165. The van der Waals surface area contributed by atoms with Gasteiger partial charge >= 0.3 is 0 Å². The van der Waals surface area contributed by atoms with E-state index in [2.05, 4.69) is 30.1 Å². The Morgan fingerprint density at radius 2 is 2.35 bits per heavy atom. The molecular weight excluding hydrogens is 214 g/mol. The Kier molecular flexibility index (Phi) is 4.03. The third kappa shape index (κ3) is 3.19. The van der Waals surface area contributed by atoms with E-state index in [-0.39, 0.29) is 5.54 Å². The number of nitriles is 1. The van der Waals surface area contributed by atoms with Gasteiger partial charge in [-0.05, 0) is 26.7 Å². The number of nitrogens with one attached hydrogen (secondary N) is 1. The normalized spacial score (nSPS) is 33.5. The molecule has 1 N–H and O–H groups in total. The molecule has 2 unspecified atom stereocenters. The second-order valence-corrected chi connectivity index (χ2v) is 5.79. The monoisotopic (exact) mass is 237 g/mol. The first-order valence-electron chi connectivity index (χ1n) is 6.59. The van der Waals surface area contributed by atoms with Gasteiger partial charge in [-0.25, -0.2) is 0 Å². The van der Waals surface area contributed by atoms with Gasteiger partial charge < -0.3 is 10.1 Å². The van der Waals surface area contributed by atoms with E-state index >= 15 is 0 Å². The van der Waals surface area contributed by atoms with Gasteiger partial charge in [0.1, 0.15) is 0 Å². The molecule has 17 heavy (non-hydrogen) atoms. The Labute approximate surface area is 104 Å². The number of hydrogen-bond acceptors (Lipinski definition) is 4. The zero-order valence-corrected chi connectivity index (χ0v) is 10.9. The average Bonchev–Trinajstić information content (AvgIpc) is 2.76. The molecule has 0 bridgehead atoms. The lowest BCUT2D eigenvalue weighted by atomic mass is 9.95. The molecule has 0 aromatic carbocycles. The molecule has 4 heteroatoms. The fraction of sp³-hybridized carbons (Fsp3) is 0.923. The summed E-state index contributed by atoms with van der Waals surface area (Å²) in [6.07, 6.45) is 3.37. The zero-order chi connectivity index (χ0) is 12.3. The SMILES string of the molecule is CC1(C)CNC(CC#N)CN1CC1CCCO1. The van der Waals surface area contributed by atoms with E-state index in [9.17, 15) is 0 Å². The van der Waals surface area contributed by atoms with Crippen LogP contribution in [0.15, 0.2) is 0 Å². The van der Waals surface area contributed by atoms with Crippen LogP contribution in [0.2, 0.25) is 0 Å². The van der Waals surface area contributed by atoms with Crippen LogP contribution >= 0.6 is 0 Å². The Hall–Kier alpha value is -0.630. The maximum absolute atomic E-state index is 8.79. The van der Waals surface area contributed by atoms with Crippen molar-refractivity contribution in [2.75, 3.05) is 26.2 Å². The molecule has 2 fully saturated rings. The minimum Gasteiger partial charge on any atom is -0.377 e. The van der Waals surface area contributed by atoms with E-state index in [0.717, 1.165) is 26.2 Å². The van der Waals surface area contributed by atoms with Crippen LogP contribution < -0.4 is 5.32 Å². The largest absolute Gasteiger partial charge is 0.377 e. The van der Waals surface area contributed by atoms with Crippen molar-refractivity contribution in [2.45, 2.75) is 50.8 Å². The molecule has 4 nitrogen and oxygen atoms in total. The van der Waals surface area contributed by atoms with Gasteiger partial charge in [-0.3, -0.25) is 4.90 Å². The molecule has 0 aliphatic carbocycles. The van der Waals surface area contributed by atoms with Crippen molar-refractivity contribution in [1.82, 2.24) is 10.2 Å². The molecule has 0 aromatic heterocycles. The van der Waals surface area contributed by atoms with Crippen LogP contribution in [-0.4, -0.2) is 48.8 Å². The summed E-state index contributed by atoms with van der Waals surface area (Å²) in [5, 5.41) is 12.2. The van der Waals surface area contributed by atoms with E-state index < -0.39 is 0 Å². The van der Waals surface area contributed by atoms with Crippen LogP contribution in [0.1, 0.15) is 33.1 Å². The summed E-state index contributed by atoms with van der Waals surface area (Å²) in [6, 6.07) is 2.57. The lowest BCUT2D eigenvalue weighted by Crippen LogP contribution is -2.63. The Morgan fingerprint density at radius 1 is 1.53 bits per heavy atom. The molecule has 0 aromatic rings. The number of nitrogens with zero attached hydrogens (tertiary/aromatic N) is 2. The standard InChI is InChI=1S/C13H23N3O/c1-13(2)10-15-11(5-6-14)8-16(13)9-12-4-3-7-17-12/h11-12,15H,3-5,7-10H2,1-2H3. The zero-order valence-electron chi connectivity index (χ0n) is 10.9. The van der Waals surface area contributed by atoms with Crippen LogP contribution in [0.5, 0.6) is 0 Å². The number of rotatable bonds is 3. The molecule has 0 amide bonds. The van der Waals surface area contributed by atoms with Crippen molar-refractivity contribution in [3.63, 3.8) is 0 Å². The number of piperazine rings is 1. The highest BCUT2D eigenvalue weighted by atomic mass is 16.5. The molecule has 2 saturated heterocycles. The lowest BCUT2D eigenvalue weighted by molar-refractivity contribution is 0.00836. The first-order chi connectivity index (χ1) is 8.12. The molecule has 0 spiro atoms. The molecule has 0 radical (unpaired) electrons. The Balaban J connectivity index is 1.92. The van der Waals surface area contributed by atoms with E-state index in [0.29, 0.717) is 18.6 Å². The van der Waals surface area contributed by atoms with Crippen molar-refractivity contribution >= 4 is 0 Å². The van der Waals surface area contributed by atoms with Gasteiger partial charge in [-0.2, -0.15) is 5.26 Å². The van der Waals surface area contributed by atoms with Gasteiger partial charge in [-0.1, -0.05) is 0 Å². The average molecular weight is 237 g/mol. The van der Waals surface area contributed by atoms with Crippen LogP contribution in [0.4, 0.5) is 0 Å². The fourth-order valence-electron chi connectivity index (χ4n) is 2.69. The first-order valence-corrected chi connectivity index (χ1v) is 6.59. The van der Waals surface area contributed by atoms with Crippen LogP contribution in [0.3, 0.4) is 0 Å². The summed E-state index contributed by atoms with van der Waals surface area (Å²) in [7, 11) is 0. The summed E-state index contributed by atoms with van der Waals surface area (Å²) in [5.41, 5.74) is 0.165. The van der Waals surface area contributed by atoms with Gasteiger partial charge in [0.15, 0.2) is 0 Å². The molecule has 0 saturated carbocycles. The third-order valence-corrected chi connectivity index (χ3v) is 3.91. The molecule has 2 rings (SSSR count). The van der Waals surface area contributed by atoms with Crippen molar-refractivity contribution in [3.8, 4) is 6.07 Å². The molecule has 2 aliphatic heterocycles. The second kappa shape index (κ2) is 5.34. The third-order valence-electron chi connectivity index (χ3n) is 3.91. The van der Waals surface area contributed by atoms with Crippen LogP contribution in [0.25, 0.3) is 0 Å². The summed E-state index contributed by atoms with van der Waals surface area (Å²) >= 11 is 0. The maximum atomic E-state index is 8.79. The van der Waals surface area contributed by atoms with E-state index in [1.54, 1.807) is 0 Å². The number of hydrogen-bond donors (Lipinski definition) is 1. The van der Waals surface area contributed by atoms with E-state index in [1.165, 1.54) is 12.8 Å². The first kappa shape index (κ1) is 12.8. The van der Waals surface area contributed by atoms with Gasteiger partial charge in [0.25, 0.3) is 0 Å².